The molecule has 176 valence electrons. The summed E-state index contributed by atoms with van der Waals surface area (Å²) in [6, 6.07) is 11.3. The molecule has 5 rings (SSSR count). The van der Waals surface area contributed by atoms with Crippen LogP contribution in [0.5, 0.6) is 5.75 Å². The van der Waals surface area contributed by atoms with Crippen molar-refractivity contribution < 1.29 is 19.1 Å². The van der Waals surface area contributed by atoms with Crippen molar-refractivity contribution in [3.8, 4) is 5.75 Å². The molecule has 1 aliphatic heterocycles. The number of rotatable bonds is 7. The second-order valence-corrected chi connectivity index (χ2v) is 11.1. The summed E-state index contributed by atoms with van der Waals surface area (Å²) in [5.74, 6) is 1.72. The largest absolute Gasteiger partial charge is 0.496 e. The Hall–Kier alpha value is -2.15. The van der Waals surface area contributed by atoms with Crippen molar-refractivity contribution in [1.82, 2.24) is 14.8 Å². The highest BCUT2D eigenvalue weighted by Gasteiger charge is 2.33. The molecule has 33 heavy (non-hydrogen) atoms. The van der Waals surface area contributed by atoms with E-state index in [2.05, 4.69) is 33.8 Å². The molecule has 8 heteroatoms. The predicted octanol–water partition coefficient (Wildman–Crippen LogP) is 3.56. The van der Waals surface area contributed by atoms with Crippen molar-refractivity contribution in [3.63, 3.8) is 0 Å². The van der Waals surface area contributed by atoms with E-state index in [-0.39, 0.29) is 11.3 Å². The van der Waals surface area contributed by atoms with Crippen LogP contribution in [-0.4, -0.2) is 57.9 Å². The highest BCUT2D eigenvalue weighted by Crippen LogP contribution is 2.37. The molecule has 2 heterocycles. The number of ether oxygens (including phenoxy) is 1. The lowest BCUT2D eigenvalue weighted by Gasteiger charge is -2.42. The van der Waals surface area contributed by atoms with Gasteiger partial charge in [-0.05, 0) is 61.1 Å². The van der Waals surface area contributed by atoms with E-state index in [1.54, 1.807) is 19.2 Å². The SMILES string of the molecule is COc1cc(C)c2[nH]ccc2c1CN1CCN(CC2CC2)C[C@H]1c1ccc(P(=O)(O)O)cc1. The number of nitrogens with one attached hydrogen (secondary N) is 1. The van der Waals surface area contributed by atoms with Gasteiger partial charge in [0.2, 0.25) is 0 Å². The molecular weight excluding hydrogens is 437 g/mol. The van der Waals surface area contributed by atoms with E-state index in [1.165, 1.54) is 23.8 Å². The van der Waals surface area contributed by atoms with Crippen LogP contribution in [-0.2, 0) is 11.1 Å². The van der Waals surface area contributed by atoms with Crippen LogP contribution in [0.1, 0.15) is 35.6 Å². The lowest BCUT2D eigenvalue weighted by Crippen LogP contribution is -2.48. The number of nitrogens with zero attached hydrogens (tertiary/aromatic N) is 2. The number of hydrogen-bond donors (Lipinski definition) is 3. The van der Waals surface area contributed by atoms with Gasteiger partial charge in [0, 0.05) is 61.4 Å². The highest BCUT2D eigenvalue weighted by molar-refractivity contribution is 7.60. The molecular formula is C25H32N3O4P. The van der Waals surface area contributed by atoms with Crippen LogP contribution in [0.15, 0.2) is 42.6 Å². The van der Waals surface area contributed by atoms with Gasteiger partial charge in [-0.2, -0.15) is 0 Å². The van der Waals surface area contributed by atoms with E-state index in [0.29, 0.717) is 0 Å². The smallest absolute Gasteiger partial charge is 0.356 e. The van der Waals surface area contributed by atoms with Crippen molar-refractivity contribution in [2.45, 2.75) is 32.4 Å². The Morgan fingerprint density at radius 1 is 1.15 bits per heavy atom. The van der Waals surface area contributed by atoms with Gasteiger partial charge in [-0.15, -0.1) is 0 Å². The lowest BCUT2D eigenvalue weighted by atomic mass is 9.99. The molecule has 1 aliphatic carbocycles. The molecule has 0 amide bonds. The van der Waals surface area contributed by atoms with Crippen molar-refractivity contribution >= 4 is 23.8 Å². The number of piperazine rings is 1. The standard InChI is InChI=1S/C25H32N3O4P/c1-17-13-24(32-2)22(21-9-10-26-25(17)21)15-28-12-11-27(14-18-3-4-18)16-23(28)19-5-7-20(8-6-19)33(29,30)31/h5-10,13,18,23,26H,3-4,11-12,14-16H2,1-2H3,(H2,29,30,31)/t23-/m0/s1. The number of H-pyrrole nitrogens is 1. The molecule has 2 fully saturated rings. The summed E-state index contributed by atoms with van der Waals surface area (Å²) >= 11 is 0. The molecule has 7 nitrogen and oxygen atoms in total. The van der Waals surface area contributed by atoms with Crippen LogP contribution in [0.3, 0.4) is 0 Å². The van der Waals surface area contributed by atoms with Crippen LogP contribution in [0.4, 0.5) is 0 Å². The minimum absolute atomic E-state index is 0.0673. The zero-order chi connectivity index (χ0) is 23.2. The number of fused-ring (bicyclic) bond motifs is 1. The Labute approximate surface area is 194 Å². The summed E-state index contributed by atoms with van der Waals surface area (Å²) in [5, 5.41) is 1.25. The van der Waals surface area contributed by atoms with E-state index in [1.807, 2.05) is 18.3 Å². The molecule has 3 aromatic rings. The number of aromatic nitrogens is 1. The van der Waals surface area contributed by atoms with E-state index in [9.17, 15) is 14.4 Å². The maximum Gasteiger partial charge on any atom is 0.356 e. The second-order valence-electron chi connectivity index (χ2n) is 9.47. The van der Waals surface area contributed by atoms with Gasteiger partial charge in [0.05, 0.1) is 12.4 Å². The fraction of sp³-hybridized carbons (Fsp3) is 0.440. The molecule has 2 aromatic carbocycles. The van der Waals surface area contributed by atoms with Gasteiger partial charge in [-0.3, -0.25) is 14.4 Å². The van der Waals surface area contributed by atoms with Crippen LogP contribution in [0, 0.1) is 12.8 Å². The Bertz CT molecular complexity index is 1180. The number of benzene rings is 2. The molecule has 0 unspecified atom stereocenters. The van der Waals surface area contributed by atoms with Gasteiger partial charge in [0.15, 0.2) is 0 Å². The highest BCUT2D eigenvalue weighted by atomic mass is 31.2. The molecule has 1 atom stereocenters. The van der Waals surface area contributed by atoms with Crippen molar-refractivity contribution in [1.29, 1.82) is 0 Å². The fourth-order valence-electron chi connectivity index (χ4n) is 5.09. The zero-order valence-corrected chi connectivity index (χ0v) is 20.1. The Morgan fingerprint density at radius 2 is 1.91 bits per heavy atom. The zero-order valence-electron chi connectivity index (χ0n) is 19.2. The lowest BCUT2D eigenvalue weighted by molar-refractivity contribution is 0.0650. The second kappa shape index (κ2) is 8.90. The third-order valence-electron chi connectivity index (χ3n) is 7.10. The van der Waals surface area contributed by atoms with E-state index < -0.39 is 7.60 Å². The summed E-state index contributed by atoms with van der Waals surface area (Å²) in [6.45, 7) is 6.85. The predicted molar refractivity (Wildman–Crippen MR) is 130 cm³/mol. The van der Waals surface area contributed by atoms with Crippen LogP contribution in [0.25, 0.3) is 10.9 Å². The number of aromatic amines is 1. The van der Waals surface area contributed by atoms with Gasteiger partial charge < -0.3 is 19.5 Å². The molecule has 0 spiro atoms. The van der Waals surface area contributed by atoms with Crippen molar-refractivity contribution in [2.24, 2.45) is 5.92 Å². The third kappa shape index (κ3) is 4.75. The third-order valence-corrected chi connectivity index (χ3v) is 8.07. The normalized spacial score (nSPS) is 20.4. The summed E-state index contributed by atoms with van der Waals surface area (Å²) in [4.78, 5) is 27.4. The molecule has 1 saturated heterocycles. The molecule has 3 N–H and O–H groups in total. The molecule has 1 saturated carbocycles. The van der Waals surface area contributed by atoms with E-state index >= 15 is 0 Å². The quantitative estimate of drug-likeness (QED) is 0.459. The number of aryl methyl sites for hydroxylation is 1. The fourth-order valence-corrected chi connectivity index (χ4v) is 5.63. The first-order chi connectivity index (χ1) is 15.8. The summed E-state index contributed by atoms with van der Waals surface area (Å²) in [7, 11) is -2.53. The van der Waals surface area contributed by atoms with Gasteiger partial charge in [-0.25, -0.2) is 0 Å². The van der Waals surface area contributed by atoms with Crippen molar-refractivity contribution in [3.05, 3.63) is 59.3 Å². The summed E-state index contributed by atoms with van der Waals surface area (Å²) in [5.41, 5.74) is 4.56. The average molecular weight is 470 g/mol. The molecule has 0 bridgehead atoms. The Balaban J connectivity index is 1.47. The number of hydrogen-bond acceptors (Lipinski definition) is 4. The maximum atomic E-state index is 11.7. The Morgan fingerprint density at radius 3 is 2.58 bits per heavy atom. The van der Waals surface area contributed by atoms with E-state index in [4.69, 9.17) is 4.74 Å². The van der Waals surface area contributed by atoms with E-state index in [0.717, 1.165) is 61.0 Å². The van der Waals surface area contributed by atoms with Gasteiger partial charge in [0.1, 0.15) is 5.75 Å². The molecule has 0 radical (unpaired) electrons. The van der Waals surface area contributed by atoms with Gasteiger partial charge in [-0.1, -0.05) is 12.1 Å². The van der Waals surface area contributed by atoms with Crippen LogP contribution >= 0.6 is 7.60 Å². The van der Waals surface area contributed by atoms with Crippen LogP contribution in [0.2, 0.25) is 0 Å². The first-order valence-electron chi connectivity index (χ1n) is 11.6. The monoisotopic (exact) mass is 469 g/mol. The molecule has 2 aliphatic rings. The minimum atomic E-state index is -4.25. The summed E-state index contributed by atoms with van der Waals surface area (Å²) < 4.78 is 17.4. The van der Waals surface area contributed by atoms with Gasteiger partial charge >= 0.3 is 7.60 Å². The minimum Gasteiger partial charge on any atom is -0.496 e. The molecule has 1 aromatic heterocycles. The average Bonchev–Trinajstić information content (AvgIpc) is 3.46. The topological polar surface area (TPSA) is 89.0 Å². The number of methoxy groups -OCH3 is 1. The van der Waals surface area contributed by atoms with Crippen LogP contribution < -0.4 is 10.0 Å². The maximum absolute atomic E-state index is 11.7. The summed E-state index contributed by atoms with van der Waals surface area (Å²) in [6.07, 6.45) is 4.63. The Kier molecular flexibility index (Phi) is 6.10. The van der Waals surface area contributed by atoms with Crippen molar-refractivity contribution in [2.75, 3.05) is 33.3 Å². The first kappa shape index (κ1) is 22.6. The first-order valence-corrected chi connectivity index (χ1v) is 13.2. The van der Waals surface area contributed by atoms with Gasteiger partial charge in [0.25, 0.3) is 0 Å².